The van der Waals surface area contributed by atoms with Gasteiger partial charge in [0.1, 0.15) is 16.7 Å². The van der Waals surface area contributed by atoms with E-state index in [4.69, 9.17) is 0 Å². The van der Waals surface area contributed by atoms with Crippen LogP contribution in [0.1, 0.15) is 20.7 Å². The number of hydrogen-bond donors (Lipinski definition) is 0. The molecule has 0 N–H and O–H groups in total. The van der Waals surface area contributed by atoms with Crippen LogP contribution in [0.4, 0.5) is 11.4 Å². The number of ketones is 1. The normalized spacial score (nSPS) is 16.3. The monoisotopic (exact) mass is 420 g/mol. The predicted molar refractivity (Wildman–Crippen MR) is 107 cm³/mol. The van der Waals surface area contributed by atoms with Crippen LogP contribution >= 0.6 is 11.8 Å². The van der Waals surface area contributed by atoms with Gasteiger partial charge in [0, 0.05) is 24.1 Å². The Morgan fingerprint density at radius 3 is 2.53 bits per heavy atom. The molecule has 2 aliphatic heterocycles. The number of non-ortho nitro benzene ring substituents is 1. The molecule has 0 aromatic heterocycles. The van der Waals surface area contributed by atoms with E-state index in [1.165, 1.54) is 17.8 Å². The number of para-hydroxylation sites is 1. The summed E-state index contributed by atoms with van der Waals surface area (Å²) in [5, 5.41) is 21.0. The van der Waals surface area contributed by atoms with E-state index in [1.807, 2.05) is 30.3 Å². The molecule has 9 nitrogen and oxygen atoms in total. The second-order valence-corrected chi connectivity index (χ2v) is 7.56. The molecule has 0 fully saturated rings. The summed E-state index contributed by atoms with van der Waals surface area (Å²) < 4.78 is 0. The van der Waals surface area contributed by atoms with Crippen LogP contribution in [0.15, 0.2) is 58.0 Å². The fourth-order valence-electron chi connectivity index (χ4n) is 3.31. The highest BCUT2D eigenvalue weighted by Crippen LogP contribution is 2.46. The third kappa shape index (κ3) is 2.92. The summed E-state index contributed by atoms with van der Waals surface area (Å²) in [7, 11) is 1.72. The van der Waals surface area contributed by atoms with Gasteiger partial charge in [-0.25, -0.2) is 0 Å². The SMILES string of the molecule is CN1C(=C(C#N)C(=O)CN2C(=O)c3ccc([N+](=O)[O-])cc3C2=O)Sc2ccccc21. The molecular weight excluding hydrogens is 408 g/mol. The standard InChI is InChI=1S/C20H12N4O5S/c1-22-15-4-2-3-5-17(15)30-20(22)14(9-21)16(25)10-23-18(26)12-7-6-11(24(28)29)8-13(12)19(23)27/h2-8H,10H2,1H3. The highest BCUT2D eigenvalue weighted by Gasteiger charge is 2.39. The first kappa shape index (κ1) is 19.4. The lowest BCUT2D eigenvalue weighted by molar-refractivity contribution is -0.384. The van der Waals surface area contributed by atoms with Crippen LogP contribution in [0.2, 0.25) is 0 Å². The van der Waals surface area contributed by atoms with Gasteiger partial charge in [0.15, 0.2) is 5.78 Å². The van der Waals surface area contributed by atoms with Gasteiger partial charge in [-0.05, 0) is 18.2 Å². The van der Waals surface area contributed by atoms with E-state index in [1.54, 1.807) is 11.9 Å². The maximum Gasteiger partial charge on any atom is 0.270 e. The van der Waals surface area contributed by atoms with Gasteiger partial charge in [-0.15, -0.1) is 0 Å². The van der Waals surface area contributed by atoms with Crippen LogP contribution in [0.5, 0.6) is 0 Å². The number of anilines is 1. The fraction of sp³-hybridized carbons (Fsp3) is 0.100. The van der Waals surface area contributed by atoms with E-state index in [9.17, 15) is 29.8 Å². The van der Waals surface area contributed by atoms with Crippen molar-refractivity contribution in [2.24, 2.45) is 0 Å². The number of rotatable bonds is 4. The van der Waals surface area contributed by atoms with E-state index in [2.05, 4.69) is 0 Å². The van der Waals surface area contributed by atoms with Gasteiger partial charge >= 0.3 is 0 Å². The number of nitrogens with zero attached hydrogens (tertiary/aromatic N) is 4. The van der Waals surface area contributed by atoms with Gasteiger partial charge in [0.05, 0.1) is 28.3 Å². The average Bonchev–Trinajstić information content (AvgIpc) is 3.18. The third-order valence-corrected chi connectivity index (χ3v) is 6.05. The van der Waals surface area contributed by atoms with Gasteiger partial charge in [-0.3, -0.25) is 29.4 Å². The number of nitro groups is 1. The maximum atomic E-state index is 12.9. The van der Waals surface area contributed by atoms with Crippen molar-refractivity contribution in [3.63, 3.8) is 0 Å². The molecule has 0 bridgehead atoms. The molecule has 148 valence electrons. The van der Waals surface area contributed by atoms with E-state index >= 15 is 0 Å². The van der Waals surface area contributed by atoms with Gasteiger partial charge < -0.3 is 4.90 Å². The molecule has 2 amide bonds. The zero-order chi connectivity index (χ0) is 21.6. The number of hydrogen-bond acceptors (Lipinski definition) is 8. The van der Waals surface area contributed by atoms with Crippen molar-refractivity contribution < 1.29 is 19.3 Å². The number of imide groups is 1. The van der Waals surface area contributed by atoms with Crippen LogP contribution in [-0.4, -0.2) is 41.0 Å². The van der Waals surface area contributed by atoms with Crippen molar-refractivity contribution in [3.8, 4) is 6.07 Å². The minimum atomic E-state index is -0.801. The van der Waals surface area contributed by atoms with E-state index < -0.39 is 29.1 Å². The number of carbonyl (C=O) groups excluding carboxylic acids is 3. The van der Waals surface area contributed by atoms with E-state index in [0.717, 1.165) is 22.7 Å². The zero-order valence-electron chi connectivity index (χ0n) is 15.5. The summed E-state index contributed by atoms with van der Waals surface area (Å²) >= 11 is 1.26. The Kier molecular flexibility index (Phi) is 4.60. The molecular formula is C20H12N4O5S. The van der Waals surface area contributed by atoms with Crippen molar-refractivity contribution in [1.29, 1.82) is 5.26 Å². The lowest BCUT2D eigenvalue weighted by atomic mass is 10.1. The molecule has 0 saturated carbocycles. The first-order chi connectivity index (χ1) is 14.3. The third-order valence-electron chi connectivity index (χ3n) is 4.81. The van der Waals surface area contributed by atoms with Crippen LogP contribution < -0.4 is 4.90 Å². The van der Waals surface area contributed by atoms with Crippen molar-refractivity contribution in [2.75, 3.05) is 18.5 Å². The number of amides is 2. The number of Topliss-reactive ketones (excluding diaryl/α,β-unsaturated/α-hetero) is 1. The molecule has 0 radical (unpaired) electrons. The van der Waals surface area contributed by atoms with Gasteiger partial charge in [-0.1, -0.05) is 23.9 Å². The minimum Gasteiger partial charge on any atom is -0.337 e. The minimum absolute atomic E-state index is 0.00988. The molecule has 0 aliphatic carbocycles. The Morgan fingerprint density at radius 2 is 1.87 bits per heavy atom. The number of thioether (sulfide) groups is 1. The Balaban J connectivity index is 1.62. The number of benzene rings is 2. The summed E-state index contributed by atoms with van der Waals surface area (Å²) in [5.74, 6) is -2.22. The van der Waals surface area contributed by atoms with Crippen LogP contribution in [0.25, 0.3) is 0 Å². The molecule has 0 saturated heterocycles. The highest BCUT2D eigenvalue weighted by atomic mass is 32.2. The topological polar surface area (TPSA) is 125 Å². The summed E-state index contributed by atoms with van der Waals surface area (Å²) in [6, 6.07) is 12.6. The molecule has 0 atom stereocenters. The van der Waals surface area contributed by atoms with Crippen molar-refractivity contribution in [2.45, 2.75) is 4.90 Å². The van der Waals surface area contributed by atoms with Crippen LogP contribution in [-0.2, 0) is 4.79 Å². The van der Waals surface area contributed by atoms with Crippen molar-refractivity contribution >= 4 is 40.7 Å². The van der Waals surface area contributed by atoms with Gasteiger partial charge in [0.2, 0.25) is 0 Å². The molecule has 10 heteroatoms. The highest BCUT2D eigenvalue weighted by molar-refractivity contribution is 8.03. The Labute approximate surface area is 174 Å². The Morgan fingerprint density at radius 1 is 1.17 bits per heavy atom. The number of fused-ring (bicyclic) bond motifs is 2. The maximum absolute atomic E-state index is 12.9. The van der Waals surface area contributed by atoms with E-state index in [0.29, 0.717) is 9.93 Å². The zero-order valence-corrected chi connectivity index (χ0v) is 16.3. The molecule has 2 aromatic rings. The van der Waals surface area contributed by atoms with Crippen molar-refractivity contribution in [3.05, 3.63) is 74.3 Å². The summed E-state index contributed by atoms with van der Waals surface area (Å²) in [5.41, 5.74) is 0.203. The molecule has 0 unspecified atom stereocenters. The first-order valence-corrected chi connectivity index (χ1v) is 9.48. The molecule has 2 heterocycles. The van der Waals surface area contributed by atoms with Crippen LogP contribution in [0, 0.1) is 21.4 Å². The molecule has 30 heavy (non-hydrogen) atoms. The largest absolute Gasteiger partial charge is 0.337 e. The van der Waals surface area contributed by atoms with Crippen molar-refractivity contribution in [1.82, 2.24) is 4.90 Å². The van der Waals surface area contributed by atoms with Gasteiger partial charge in [0.25, 0.3) is 17.5 Å². The average molecular weight is 420 g/mol. The van der Waals surface area contributed by atoms with Crippen LogP contribution in [0.3, 0.4) is 0 Å². The summed E-state index contributed by atoms with van der Waals surface area (Å²) in [6.07, 6.45) is 0. The lowest BCUT2D eigenvalue weighted by Gasteiger charge is -2.16. The predicted octanol–water partition coefficient (Wildman–Crippen LogP) is 2.74. The molecule has 4 rings (SSSR count). The molecule has 2 aromatic carbocycles. The Bertz CT molecular complexity index is 1230. The van der Waals surface area contributed by atoms with Gasteiger partial charge in [-0.2, -0.15) is 5.26 Å². The van der Waals surface area contributed by atoms with E-state index in [-0.39, 0.29) is 22.4 Å². The summed E-state index contributed by atoms with van der Waals surface area (Å²) in [6.45, 7) is -0.628. The number of nitro benzene ring substituents is 1. The lowest BCUT2D eigenvalue weighted by Crippen LogP contribution is -2.35. The second kappa shape index (κ2) is 7.13. The fourth-order valence-corrected chi connectivity index (χ4v) is 4.47. The number of carbonyl (C=O) groups is 3. The molecule has 0 spiro atoms. The first-order valence-electron chi connectivity index (χ1n) is 8.66. The second-order valence-electron chi connectivity index (χ2n) is 6.53. The summed E-state index contributed by atoms with van der Waals surface area (Å²) in [4.78, 5) is 51.6. The smallest absolute Gasteiger partial charge is 0.270 e. The Hall–Kier alpha value is -3.97. The molecule has 2 aliphatic rings. The quantitative estimate of drug-likeness (QED) is 0.243. The number of nitriles is 1.